The molecule has 0 saturated carbocycles. The molecule has 5 atom stereocenters. The van der Waals surface area contributed by atoms with Crippen LogP contribution < -0.4 is 16.8 Å². The summed E-state index contributed by atoms with van der Waals surface area (Å²) in [4.78, 5) is 26.3. The van der Waals surface area contributed by atoms with Gasteiger partial charge in [-0.3, -0.25) is 4.79 Å². The first-order valence-electron chi connectivity index (χ1n) is 6.62. The van der Waals surface area contributed by atoms with Crippen LogP contribution in [-0.4, -0.2) is 75.3 Å². The summed E-state index contributed by atoms with van der Waals surface area (Å²) in [6.45, 7) is 0.391. The highest BCUT2D eigenvalue weighted by Gasteiger charge is 2.43. The Hall–Kier alpha value is -2.37. The molecule has 0 aliphatic carbocycles. The lowest BCUT2D eigenvalue weighted by Gasteiger charge is -2.38. The van der Waals surface area contributed by atoms with Crippen molar-refractivity contribution in [1.29, 1.82) is 0 Å². The molecule has 1 aliphatic rings. The van der Waals surface area contributed by atoms with Gasteiger partial charge in [-0.15, -0.1) is 0 Å². The maximum absolute atomic E-state index is 11.4. The Kier molecular flexibility index (Phi) is 6.30. The number of aliphatic hydroxyl groups is 3. The molecule has 0 saturated heterocycles. The summed E-state index contributed by atoms with van der Waals surface area (Å²) in [5, 5.41) is 40.1. The summed E-state index contributed by atoms with van der Waals surface area (Å²) in [5.74, 6) is -2.89. The molecule has 23 heavy (non-hydrogen) atoms. The Balaban J connectivity index is 3.28. The number of carbonyl (C=O) groups is 2. The van der Waals surface area contributed by atoms with E-state index in [4.69, 9.17) is 26.4 Å². The second-order valence-corrected chi connectivity index (χ2v) is 4.93. The van der Waals surface area contributed by atoms with Crippen molar-refractivity contribution in [1.82, 2.24) is 5.32 Å². The van der Waals surface area contributed by atoms with E-state index in [1.54, 1.807) is 0 Å². The molecular weight excluding hydrogens is 312 g/mol. The number of guanidine groups is 1. The molecule has 130 valence electrons. The second kappa shape index (κ2) is 7.76. The first-order valence-corrected chi connectivity index (χ1v) is 6.62. The maximum atomic E-state index is 11.4. The first kappa shape index (κ1) is 18.7. The van der Waals surface area contributed by atoms with E-state index >= 15 is 0 Å². The van der Waals surface area contributed by atoms with Crippen molar-refractivity contribution in [2.75, 3.05) is 6.61 Å². The van der Waals surface area contributed by atoms with E-state index in [1.165, 1.54) is 6.92 Å². The molecule has 0 aromatic rings. The Morgan fingerprint density at radius 2 is 2.04 bits per heavy atom. The van der Waals surface area contributed by atoms with Crippen LogP contribution in [-0.2, 0) is 14.3 Å². The zero-order valence-electron chi connectivity index (χ0n) is 12.3. The number of rotatable bonds is 6. The van der Waals surface area contributed by atoms with Crippen LogP contribution in [0.15, 0.2) is 16.8 Å². The molecule has 9 N–H and O–H groups in total. The van der Waals surface area contributed by atoms with Crippen LogP contribution in [0.3, 0.4) is 0 Å². The van der Waals surface area contributed by atoms with Crippen molar-refractivity contribution in [2.24, 2.45) is 16.5 Å². The zero-order valence-corrected chi connectivity index (χ0v) is 12.3. The lowest BCUT2D eigenvalue weighted by Crippen LogP contribution is -2.59. The van der Waals surface area contributed by atoms with E-state index in [1.807, 2.05) is 0 Å². The van der Waals surface area contributed by atoms with Gasteiger partial charge in [0.25, 0.3) is 0 Å². The monoisotopic (exact) mass is 332 g/mol. The molecule has 0 spiro atoms. The number of amides is 1. The minimum Gasteiger partial charge on any atom is -0.478 e. The molecule has 0 fully saturated rings. The Morgan fingerprint density at radius 1 is 1.43 bits per heavy atom. The molecule has 0 aromatic heterocycles. The van der Waals surface area contributed by atoms with Crippen LogP contribution in [0.25, 0.3) is 0 Å². The molecule has 11 nitrogen and oxygen atoms in total. The summed E-state index contributed by atoms with van der Waals surface area (Å²) in [6, 6.07) is -2.11. The number of nitrogens with zero attached hydrogens (tertiary/aromatic N) is 1. The largest absolute Gasteiger partial charge is 0.478 e. The fraction of sp³-hybridized carbons (Fsp3) is 0.583. The standard InChI is InChI=1S/C12H20N4O7/c1-4(18)15-8-5(16-12(13)14)2-7(11(21)22)23-10(8)9(20)6(19)3-17/h2,5-6,8-10,17,19-20H,3H2,1H3,(H,15,18)(H,21,22)(H4,13,14,16)/t5-,6+,8+,9+,10?/m0/s1. The summed E-state index contributed by atoms with van der Waals surface area (Å²) in [7, 11) is 0. The van der Waals surface area contributed by atoms with Crippen LogP contribution in [0.2, 0.25) is 0 Å². The van der Waals surface area contributed by atoms with Crippen LogP contribution in [0.4, 0.5) is 0 Å². The summed E-state index contributed by atoms with van der Waals surface area (Å²) in [5.41, 5.74) is 10.6. The van der Waals surface area contributed by atoms with E-state index in [0.717, 1.165) is 6.08 Å². The van der Waals surface area contributed by atoms with Crippen LogP contribution in [0, 0.1) is 0 Å². The van der Waals surface area contributed by atoms with E-state index in [9.17, 15) is 19.8 Å². The van der Waals surface area contributed by atoms with Gasteiger partial charge < -0.3 is 41.9 Å². The molecule has 1 aliphatic heterocycles. The van der Waals surface area contributed by atoms with Gasteiger partial charge >= 0.3 is 5.97 Å². The molecule has 1 rings (SSSR count). The van der Waals surface area contributed by atoms with Crippen LogP contribution in [0.1, 0.15) is 6.92 Å². The van der Waals surface area contributed by atoms with Gasteiger partial charge in [-0.05, 0) is 6.08 Å². The maximum Gasteiger partial charge on any atom is 0.370 e. The van der Waals surface area contributed by atoms with E-state index < -0.39 is 54.6 Å². The van der Waals surface area contributed by atoms with Crippen molar-refractivity contribution in [3.05, 3.63) is 11.8 Å². The SMILES string of the molecule is CC(=O)N[C@H]1C([C@H](O)[C@H](O)CO)OC(C(=O)O)=C[C@@H]1N=C(N)N. The summed E-state index contributed by atoms with van der Waals surface area (Å²) in [6.07, 6.45) is -3.65. The number of carbonyl (C=O) groups excluding carboxylic acids is 1. The predicted octanol–water partition coefficient (Wildman–Crippen LogP) is -3.79. The fourth-order valence-corrected chi connectivity index (χ4v) is 2.14. The van der Waals surface area contributed by atoms with Gasteiger partial charge in [0.05, 0.1) is 18.7 Å². The predicted molar refractivity (Wildman–Crippen MR) is 76.9 cm³/mol. The minimum absolute atomic E-state index is 0.371. The second-order valence-electron chi connectivity index (χ2n) is 4.93. The first-order chi connectivity index (χ1) is 10.7. The number of nitrogens with two attached hydrogens (primary N) is 2. The van der Waals surface area contributed by atoms with Crippen molar-refractivity contribution in [3.63, 3.8) is 0 Å². The molecule has 1 heterocycles. The quantitative estimate of drug-likeness (QED) is 0.188. The molecule has 1 unspecified atom stereocenters. The highest BCUT2D eigenvalue weighted by atomic mass is 16.5. The van der Waals surface area contributed by atoms with Gasteiger partial charge in [0.1, 0.15) is 18.3 Å². The molecule has 11 heteroatoms. The average Bonchev–Trinajstić information content (AvgIpc) is 2.45. The van der Waals surface area contributed by atoms with Crippen molar-refractivity contribution < 1.29 is 34.8 Å². The molecule has 0 aromatic carbocycles. The number of hydrogen-bond acceptors (Lipinski definition) is 7. The third-order valence-corrected chi connectivity index (χ3v) is 3.10. The molecule has 0 radical (unpaired) electrons. The number of ether oxygens (including phenoxy) is 1. The lowest BCUT2D eigenvalue weighted by atomic mass is 9.92. The number of carboxylic acid groups (broad SMARTS) is 1. The lowest BCUT2D eigenvalue weighted by molar-refractivity contribution is -0.145. The van der Waals surface area contributed by atoms with Gasteiger partial charge in [0, 0.05) is 6.92 Å². The number of aliphatic imine (C=N–C) groups is 1. The van der Waals surface area contributed by atoms with Gasteiger partial charge in [-0.2, -0.15) is 0 Å². The zero-order chi connectivity index (χ0) is 17.7. The third-order valence-electron chi connectivity index (χ3n) is 3.10. The number of hydrogen-bond donors (Lipinski definition) is 7. The van der Waals surface area contributed by atoms with E-state index in [0.29, 0.717) is 0 Å². The van der Waals surface area contributed by atoms with Gasteiger partial charge in [0.15, 0.2) is 5.96 Å². The fourth-order valence-electron chi connectivity index (χ4n) is 2.14. The van der Waals surface area contributed by atoms with Gasteiger partial charge in [0.2, 0.25) is 11.7 Å². The molecular formula is C12H20N4O7. The van der Waals surface area contributed by atoms with E-state index in [2.05, 4.69) is 10.3 Å². The van der Waals surface area contributed by atoms with E-state index in [-0.39, 0.29) is 5.96 Å². The Bertz CT molecular complexity index is 518. The summed E-state index contributed by atoms with van der Waals surface area (Å²) >= 11 is 0. The van der Waals surface area contributed by atoms with Gasteiger partial charge in [-0.25, -0.2) is 9.79 Å². The Morgan fingerprint density at radius 3 is 2.48 bits per heavy atom. The smallest absolute Gasteiger partial charge is 0.370 e. The minimum atomic E-state index is -1.70. The topological polar surface area (TPSA) is 201 Å². The average molecular weight is 332 g/mol. The highest BCUT2D eigenvalue weighted by Crippen LogP contribution is 2.24. The normalized spacial score (nSPS) is 26.3. The molecule has 0 bridgehead atoms. The number of aliphatic hydroxyl groups excluding tert-OH is 3. The number of carboxylic acids is 1. The number of aliphatic carboxylic acids is 1. The number of nitrogens with one attached hydrogen (secondary N) is 1. The summed E-state index contributed by atoms with van der Waals surface area (Å²) < 4.78 is 5.13. The third kappa shape index (κ3) is 4.81. The van der Waals surface area contributed by atoms with Gasteiger partial charge in [-0.1, -0.05) is 0 Å². The Labute approximate surface area is 131 Å². The van der Waals surface area contributed by atoms with Crippen molar-refractivity contribution in [3.8, 4) is 0 Å². The van der Waals surface area contributed by atoms with Crippen molar-refractivity contribution in [2.45, 2.75) is 37.3 Å². The van der Waals surface area contributed by atoms with Crippen LogP contribution in [0.5, 0.6) is 0 Å². The van der Waals surface area contributed by atoms with Crippen molar-refractivity contribution >= 4 is 17.8 Å². The molecule has 1 amide bonds. The highest BCUT2D eigenvalue weighted by molar-refractivity contribution is 5.85. The van der Waals surface area contributed by atoms with Crippen LogP contribution >= 0.6 is 0 Å².